The van der Waals surface area contributed by atoms with Gasteiger partial charge in [0.15, 0.2) is 0 Å². The average Bonchev–Trinajstić information content (AvgIpc) is 2.68. The van der Waals surface area contributed by atoms with E-state index in [1.807, 2.05) is 31.3 Å². The number of fused-ring (bicyclic) bond motifs is 1. The van der Waals surface area contributed by atoms with Gasteiger partial charge in [-0.15, -0.1) is 6.58 Å². The van der Waals surface area contributed by atoms with Crippen LogP contribution >= 0.6 is 15.9 Å². The lowest BCUT2D eigenvalue weighted by Gasteiger charge is -2.41. The normalized spacial score (nSPS) is 21.5. The van der Waals surface area contributed by atoms with Gasteiger partial charge in [0.1, 0.15) is 0 Å². The summed E-state index contributed by atoms with van der Waals surface area (Å²) >= 11 is 3.46. The van der Waals surface area contributed by atoms with Gasteiger partial charge >= 0.3 is 0 Å². The molecule has 20 heavy (non-hydrogen) atoms. The lowest BCUT2D eigenvalue weighted by Crippen LogP contribution is -2.48. The highest BCUT2D eigenvalue weighted by molar-refractivity contribution is 9.10. The second-order valence-electron chi connectivity index (χ2n) is 5.83. The molecule has 0 radical (unpaired) electrons. The van der Waals surface area contributed by atoms with Gasteiger partial charge in [0.2, 0.25) is 5.91 Å². The second-order valence-corrected chi connectivity index (χ2v) is 6.74. The molecule has 0 saturated carbocycles. The molecule has 0 bridgehead atoms. The van der Waals surface area contributed by atoms with Gasteiger partial charge in [-0.3, -0.25) is 4.79 Å². The SMILES string of the molecule is C=CC(C)(C)[C@@]1(CCNC)C(=O)Nc2cc(Br)ccc21. The van der Waals surface area contributed by atoms with Gasteiger partial charge in [-0.1, -0.05) is 41.9 Å². The molecule has 0 fully saturated rings. The van der Waals surface area contributed by atoms with Gasteiger partial charge in [0, 0.05) is 15.6 Å². The van der Waals surface area contributed by atoms with Crippen molar-refractivity contribution in [1.82, 2.24) is 5.32 Å². The van der Waals surface area contributed by atoms with Crippen molar-refractivity contribution < 1.29 is 4.79 Å². The Hall–Kier alpha value is -1.13. The molecule has 1 aromatic rings. The zero-order valence-electron chi connectivity index (χ0n) is 12.2. The minimum atomic E-state index is -0.576. The summed E-state index contributed by atoms with van der Waals surface area (Å²) in [5, 5.41) is 6.19. The third-order valence-electron chi connectivity index (χ3n) is 4.44. The number of nitrogens with one attached hydrogen (secondary N) is 2. The Morgan fingerprint density at radius 1 is 1.50 bits per heavy atom. The van der Waals surface area contributed by atoms with Crippen molar-refractivity contribution >= 4 is 27.5 Å². The van der Waals surface area contributed by atoms with Crippen molar-refractivity contribution in [3.8, 4) is 0 Å². The number of hydrogen-bond acceptors (Lipinski definition) is 2. The Balaban J connectivity index is 2.63. The Kier molecular flexibility index (Phi) is 4.07. The minimum Gasteiger partial charge on any atom is -0.325 e. The first kappa shape index (κ1) is 15.3. The highest BCUT2D eigenvalue weighted by Gasteiger charge is 2.54. The molecule has 0 saturated heterocycles. The summed E-state index contributed by atoms with van der Waals surface area (Å²) in [6, 6.07) is 6.00. The summed E-state index contributed by atoms with van der Waals surface area (Å²) in [6.45, 7) is 8.87. The number of amides is 1. The highest BCUT2D eigenvalue weighted by atomic mass is 79.9. The van der Waals surface area contributed by atoms with Crippen LogP contribution in [0.5, 0.6) is 0 Å². The van der Waals surface area contributed by atoms with Crippen molar-refractivity contribution in [2.45, 2.75) is 25.7 Å². The molecule has 1 atom stereocenters. The molecule has 1 aromatic carbocycles. The predicted octanol–water partition coefficient (Wildman–Crippen LogP) is 3.46. The summed E-state index contributed by atoms with van der Waals surface area (Å²) < 4.78 is 0.970. The zero-order chi connectivity index (χ0) is 15.0. The standard InChI is InChI=1S/C16H21BrN2O/c1-5-15(2,3)16(8-9-18-4)12-7-6-11(17)10-13(12)19-14(16)20/h5-7,10,18H,1,8-9H2,2-4H3,(H,19,20)/t16-/m1/s1. The van der Waals surface area contributed by atoms with Gasteiger partial charge < -0.3 is 10.6 Å². The number of hydrogen-bond donors (Lipinski definition) is 2. The van der Waals surface area contributed by atoms with Gasteiger partial charge in [-0.05, 0) is 37.7 Å². The van der Waals surface area contributed by atoms with Crippen LogP contribution in [-0.4, -0.2) is 19.5 Å². The van der Waals surface area contributed by atoms with Gasteiger partial charge in [0.25, 0.3) is 0 Å². The smallest absolute Gasteiger partial charge is 0.236 e. The average molecular weight is 337 g/mol. The lowest BCUT2D eigenvalue weighted by molar-refractivity contribution is -0.124. The quantitative estimate of drug-likeness (QED) is 0.808. The molecule has 0 aliphatic carbocycles. The van der Waals surface area contributed by atoms with E-state index in [-0.39, 0.29) is 11.3 Å². The molecule has 2 rings (SSSR count). The third-order valence-corrected chi connectivity index (χ3v) is 4.93. The molecule has 108 valence electrons. The molecule has 1 aliphatic rings. The van der Waals surface area contributed by atoms with Crippen LogP contribution in [0.25, 0.3) is 0 Å². The summed E-state index contributed by atoms with van der Waals surface area (Å²) in [6.07, 6.45) is 2.63. The Morgan fingerprint density at radius 3 is 2.80 bits per heavy atom. The molecule has 4 heteroatoms. The lowest BCUT2D eigenvalue weighted by atomic mass is 9.60. The van der Waals surface area contributed by atoms with E-state index in [1.54, 1.807) is 0 Å². The van der Waals surface area contributed by atoms with E-state index in [1.165, 1.54) is 0 Å². The molecular weight excluding hydrogens is 316 g/mol. The molecule has 0 spiro atoms. The molecule has 0 unspecified atom stereocenters. The number of rotatable bonds is 5. The maximum absolute atomic E-state index is 12.8. The predicted molar refractivity (Wildman–Crippen MR) is 87.0 cm³/mol. The van der Waals surface area contributed by atoms with E-state index in [4.69, 9.17) is 0 Å². The molecule has 0 aromatic heterocycles. The minimum absolute atomic E-state index is 0.0609. The summed E-state index contributed by atoms with van der Waals surface area (Å²) in [5.74, 6) is 0.0609. The Morgan fingerprint density at radius 2 is 2.20 bits per heavy atom. The maximum Gasteiger partial charge on any atom is 0.236 e. The molecule has 2 N–H and O–H groups in total. The van der Waals surface area contributed by atoms with Crippen LogP contribution < -0.4 is 10.6 Å². The topological polar surface area (TPSA) is 41.1 Å². The van der Waals surface area contributed by atoms with Crippen molar-refractivity contribution in [1.29, 1.82) is 0 Å². The first-order valence-electron chi connectivity index (χ1n) is 6.79. The van der Waals surface area contributed by atoms with Crippen LogP contribution in [0.4, 0.5) is 5.69 Å². The van der Waals surface area contributed by atoms with Crippen LogP contribution in [0.15, 0.2) is 35.3 Å². The number of anilines is 1. The van der Waals surface area contributed by atoms with Crippen molar-refractivity contribution in [3.63, 3.8) is 0 Å². The first-order chi connectivity index (χ1) is 9.39. The van der Waals surface area contributed by atoms with Crippen LogP contribution in [0.2, 0.25) is 0 Å². The number of halogens is 1. The van der Waals surface area contributed by atoms with E-state index >= 15 is 0 Å². The summed E-state index contributed by atoms with van der Waals surface area (Å²) in [7, 11) is 1.91. The largest absolute Gasteiger partial charge is 0.325 e. The second kappa shape index (κ2) is 5.34. The molecule has 1 amide bonds. The van der Waals surface area contributed by atoms with Crippen LogP contribution in [-0.2, 0) is 10.2 Å². The first-order valence-corrected chi connectivity index (χ1v) is 7.58. The van der Waals surface area contributed by atoms with Crippen LogP contribution in [0.1, 0.15) is 25.8 Å². The third kappa shape index (κ3) is 2.11. The number of carbonyl (C=O) groups is 1. The number of carbonyl (C=O) groups excluding carboxylic acids is 1. The van der Waals surface area contributed by atoms with Crippen LogP contribution in [0.3, 0.4) is 0 Å². The van der Waals surface area contributed by atoms with E-state index in [0.29, 0.717) is 0 Å². The van der Waals surface area contributed by atoms with Gasteiger partial charge in [-0.25, -0.2) is 0 Å². The van der Waals surface area contributed by atoms with Crippen molar-refractivity contribution in [2.75, 3.05) is 18.9 Å². The van der Waals surface area contributed by atoms with E-state index in [9.17, 15) is 4.79 Å². The molecular formula is C16H21BrN2O. The molecule has 1 aliphatic heterocycles. The number of allylic oxidation sites excluding steroid dienone is 1. The van der Waals surface area contributed by atoms with Crippen molar-refractivity contribution in [3.05, 3.63) is 40.9 Å². The van der Waals surface area contributed by atoms with Gasteiger partial charge in [-0.2, -0.15) is 0 Å². The fraction of sp³-hybridized carbons (Fsp3) is 0.438. The Bertz CT molecular complexity index is 553. The summed E-state index contributed by atoms with van der Waals surface area (Å²) in [4.78, 5) is 12.8. The van der Waals surface area contributed by atoms with Crippen LogP contribution in [0, 0.1) is 5.41 Å². The fourth-order valence-electron chi connectivity index (χ4n) is 3.04. The van der Waals surface area contributed by atoms with Crippen molar-refractivity contribution in [2.24, 2.45) is 5.41 Å². The van der Waals surface area contributed by atoms with Gasteiger partial charge in [0.05, 0.1) is 5.41 Å². The summed E-state index contributed by atoms with van der Waals surface area (Å²) in [5.41, 5.74) is 1.06. The molecule has 3 nitrogen and oxygen atoms in total. The zero-order valence-corrected chi connectivity index (χ0v) is 13.8. The van der Waals surface area contributed by atoms with E-state index in [0.717, 1.165) is 28.7 Å². The Labute approximate surface area is 129 Å². The fourth-order valence-corrected chi connectivity index (χ4v) is 3.40. The van der Waals surface area contributed by atoms with E-state index in [2.05, 4.69) is 47.0 Å². The van der Waals surface area contributed by atoms with E-state index < -0.39 is 5.41 Å². The number of benzene rings is 1. The monoisotopic (exact) mass is 336 g/mol. The highest BCUT2D eigenvalue weighted by Crippen LogP contribution is 2.52. The maximum atomic E-state index is 12.8. The molecule has 1 heterocycles.